The van der Waals surface area contributed by atoms with Crippen molar-refractivity contribution >= 4 is 40.0 Å². The summed E-state index contributed by atoms with van der Waals surface area (Å²) >= 11 is 7.18. The van der Waals surface area contributed by atoms with Crippen LogP contribution in [-0.4, -0.2) is 21.1 Å². The van der Waals surface area contributed by atoms with Gasteiger partial charge in [0.1, 0.15) is 0 Å². The van der Waals surface area contributed by atoms with Crippen LogP contribution in [0.3, 0.4) is 0 Å². The highest BCUT2D eigenvalue weighted by Gasteiger charge is 2.28. The monoisotopic (exact) mass is 370 g/mol. The molecule has 0 unspecified atom stereocenters. The van der Waals surface area contributed by atoms with E-state index in [1.54, 1.807) is 34.9 Å². The second-order valence-electron chi connectivity index (χ2n) is 6.04. The quantitative estimate of drug-likeness (QED) is 0.380. The molecular weight excluding hydrogens is 356 g/mol. The zero-order valence-electron chi connectivity index (χ0n) is 13.3. The summed E-state index contributed by atoms with van der Waals surface area (Å²) in [6, 6.07) is 14.4. The predicted octanol–water partition coefficient (Wildman–Crippen LogP) is 4.36. The number of para-hydroxylation sites is 1. The van der Waals surface area contributed by atoms with Gasteiger partial charge in [0.2, 0.25) is 0 Å². The molecule has 0 amide bonds. The van der Waals surface area contributed by atoms with E-state index in [1.165, 1.54) is 11.8 Å². The number of hydrogen-bond donors (Lipinski definition) is 0. The number of halogens is 1. The zero-order chi connectivity index (χ0) is 17.4. The highest BCUT2D eigenvalue weighted by molar-refractivity contribution is 7.99. The Morgan fingerprint density at radius 2 is 1.88 bits per heavy atom. The van der Waals surface area contributed by atoms with Gasteiger partial charge in [-0.25, -0.2) is 4.98 Å². The van der Waals surface area contributed by atoms with Crippen molar-refractivity contribution in [3.05, 3.63) is 69.5 Å². The second kappa shape index (κ2) is 6.65. The van der Waals surface area contributed by atoms with Crippen molar-refractivity contribution in [3.63, 3.8) is 0 Å². The SMILES string of the molecule is O=C(CSc1nc2ccccc2c(=O)n1C1CC1)c1ccc(Cl)cc1. The molecule has 2 aromatic carbocycles. The second-order valence-corrected chi connectivity index (χ2v) is 7.42. The fourth-order valence-electron chi connectivity index (χ4n) is 2.73. The lowest BCUT2D eigenvalue weighted by atomic mass is 10.1. The third-order valence-corrected chi connectivity index (χ3v) is 5.39. The van der Waals surface area contributed by atoms with Gasteiger partial charge in [-0.3, -0.25) is 14.2 Å². The van der Waals surface area contributed by atoms with Gasteiger partial charge in [0, 0.05) is 16.6 Å². The number of nitrogens with zero attached hydrogens (tertiary/aromatic N) is 2. The van der Waals surface area contributed by atoms with E-state index in [1.807, 2.05) is 18.2 Å². The molecule has 1 aliphatic carbocycles. The van der Waals surface area contributed by atoms with Crippen molar-refractivity contribution in [2.24, 2.45) is 0 Å². The zero-order valence-corrected chi connectivity index (χ0v) is 14.9. The van der Waals surface area contributed by atoms with E-state index in [0.717, 1.165) is 12.8 Å². The fraction of sp³-hybridized carbons (Fsp3) is 0.211. The van der Waals surface area contributed by atoms with Gasteiger partial charge in [-0.2, -0.15) is 0 Å². The van der Waals surface area contributed by atoms with Crippen molar-refractivity contribution < 1.29 is 4.79 Å². The van der Waals surface area contributed by atoms with Crippen molar-refractivity contribution in [3.8, 4) is 0 Å². The maximum absolute atomic E-state index is 12.8. The number of aromatic nitrogens is 2. The van der Waals surface area contributed by atoms with Crippen LogP contribution in [-0.2, 0) is 0 Å². The van der Waals surface area contributed by atoms with Gasteiger partial charge >= 0.3 is 0 Å². The van der Waals surface area contributed by atoms with Crippen molar-refractivity contribution in [2.45, 2.75) is 24.0 Å². The summed E-state index contributed by atoms with van der Waals surface area (Å²) in [6.45, 7) is 0. The van der Waals surface area contributed by atoms with E-state index in [4.69, 9.17) is 11.6 Å². The fourth-order valence-corrected chi connectivity index (χ4v) is 3.82. The molecule has 4 rings (SSSR count). The first-order valence-electron chi connectivity index (χ1n) is 8.06. The predicted molar refractivity (Wildman–Crippen MR) is 101 cm³/mol. The largest absolute Gasteiger partial charge is 0.293 e. The molecule has 0 aliphatic heterocycles. The van der Waals surface area contributed by atoms with Crippen LogP contribution in [0.1, 0.15) is 29.2 Å². The molecule has 0 radical (unpaired) electrons. The van der Waals surface area contributed by atoms with E-state index < -0.39 is 0 Å². The lowest BCUT2D eigenvalue weighted by Crippen LogP contribution is -2.22. The number of ketones is 1. The van der Waals surface area contributed by atoms with Gasteiger partial charge in [-0.05, 0) is 49.2 Å². The van der Waals surface area contributed by atoms with Crippen molar-refractivity contribution in [1.82, 2.24) is 9.55 Å². The van der Waals surface area contributed by atoms with Gasteiger partial charge in [-0.15, -0.1) is 0 Å². The summed E-state index contributed by atoms with van der Waals surface area (Å²) in [4.78, 5) is 29.8. The molecule has 6 heteroatoms. The minimum atomic E-state index is -0.0189. The Kier molecular flexibility index (Phi) is 4.36. The Balaban J connectivity index is 1.64. The normalized spacial score (nSPS) is 14.0. The maximum Gasteiger partial charge on any atom is 0.262 e. The first-order valence-corrected chi connectivity index (χ1v) is 9.42. The van der Waals surface area contributed by atoms with E-state index >= 15 is 0 Å². The standard InChI is InChI=1S/C19H15ClN2O2S/c20-13-7-5-12(6-8-13)17(23)11-25-19-21-16-4-2-1-3-15(16)18(24)22(19)14-9-10-14/h1-8,14H,9-11H2. The van der Waals surface area contributed by atoms with Gasteiger partial charge in [0.05, 0.1) is 16.7 Å². The number of fused-ring (bicyclic) bond motifs is 1. The lowest BCUT2D eigenvalue weighted by Gasteiger charge is -2.12. The van der Waals surface area contributed by atoms with Gasteiger partial charge in [-0.1, -0.05) is 35.5 Å². The Morgan fingerprint density at radius 3 is 2.60 bits per heavy atom. The number of carbonyl (C=O) groups excluding carboxylic acids is 1. The average Bonchev–Trinajstić information content (AvgIpc) is 3.45. The summed E-state index contributed by atoms with van der Waals surface area (Å²) in [5, 5.41) is 1.85. The van der Waals surface area contributed by atoms with Crippen molar-refractivity contribution in [1.29, 1.82) is 0 Å². The number of hydrogen-bond acceptors (Lipinski definition) is 4. The molecule has 25 heavy (non-hydrogen) atoms. The topological polar surface area (TPSA) is 52.0 Å². The summed E-state index contributed by atoms with van der Waals surface area (Å²) in [5.74, 6) is 0.227. The molecule has 1 saturated carbocycles. The molecule has 1 fully saturated rings. The van der Waals surface area contributed by atoms with Crippen LogP contribution in [0.2, 0.25) is 5.02 Å². The summed E-state index contributed by atoms with van der Waals surface area (Å²) < 4.78 is 1.75. The number of thioether (sulfide) groups is 1. The van der Waals surface area contributed by atoms with E-state index in [9.17, 15) is 9.59 Å². The molecule has 3 aromatic rings. The summed E-state index contributed by atoms with van der Waals surface area (Å²) in [6.07, 6.45) is 1.97. The Labute approximate surface area is 153 Å². The Hall–Kier alpha value is -2.11. The summed E-state index contributed by atoms with van der Waals surface area (Å²) in [5.41, 5.74) is 1.26. The number of carbonyl (C=O) groups is 1. The molecule has 0 bridgehead atoms. The van der Waals surface area contributed by atoms with Crippen LogP contribution in [0, 0.1) is 0 Å². The Morgan fingerprint density at radius 1 is 1.16 bits per heavy atom. The molecule has 126 valence electrons. The Bertz CT molecular complexity index is 1010. The smallest absolute Gasteiger partial charge is 0.262 e. The number of rotatable bonds is 5. The van der Waals surface area contributed by atoms with Crippen LogP contribution in [0.4, 0.5) is 0 Å². The molecule has 0 N–H and O–H groups in total. The lowest BCUT2D eigenvalue weighted by molar-refractivity contribution is 0.102. The van der Waals surface area contributed by atoms with Gasteiger partial charge < -0.3 is 0 Å². The van der Waals surface area contributed by atoms with Crippen LogP contribution in [0.15, 0.2) is 58.5 Å². The van der Waals surface area contributed by atoms with Crippen LogP contribution < -0.4 is 5.56 Å². The van der Waals surface area contributed by atoms with Gasteiger partial charge in [0.25, 0.3) is 5.56 Å². The van der Waals surface area contributed by atoms with Crippen LogP contribution in [0.5, 0.6) is 0 Å². The molecule has 1 aromatic heterocycles. The first-order chi connectivity index (χ1) is 12.1. The minimum Gasteiger partial charge on any atom is -0.293 e. The van der Waals surface area contributed by atoms with E-state index in [0.29, 0.717) is 26.6 Å². The van der Waals surface area contributed by atoms with Gasteiger partial charge in [0.15, 0.2) is 10.9 Å². The average molecular weight is 371 g/mol. The van der Waals surface area contributed by atoms with E-state index in [-0.39, 0.29) is 23.1 Å². The molecule has 0 spiro atoms. The minimum absolute atomic E-state index is 0.00794. The maximum atomic E-state index is 12.8. The van der Waals surface area contributed by atoms with Crippen LogP contribution >= 0.6 is 23.4 Å². The molecule has 4 nitrogen and oxygen atoms in total. The number of Topliss-reactive ketones (excluding diaryl/α,β-unsaturated/α-hetero) is 1. The molecule has 1 heterocycles. The molecule has 0 atom stereocenters. The highest BCUT2D eigenvalue weighted by atomic mass is 35.5. The number of benzene rings is 2. The van der Waals surface area contributed by atoms with Crippen molar-refractivity contribution in [2.75, 3.05) is 5.75 Å². The molecular formula is C19H15ClN2O2S. The third-order valence-electron chi connectivity index (χ3n) is 4.19. The van der Waals surface area contributed by atoms with E-state index in [2.05, 4.69) is 4.98 Å². The first kappa shape index (κ1) is 16.4. The van der Waals surface area contributed by atoms with Crippen LogP contribution in [0.25, 0.3) is 10.9 Å². The highest BCUT2D eigenvalue weighted by Crippen LogP contribution is 2.36. The summed E-state index contributed by atoms with van der Waals surface area (Å²) in [7, 11) is 0. The third kappa shape index (κ3) is 3.34. The molecule has 0 saturated heterocycles. The molecule has 1 aliphatic rings.